The van der Waals surface area contributed by atoms with Gasteiger partial charge in [-0.2, -0.15) is 0 Å². The third kappa shape index (κ3) is 5.79. The van der Waals surface area contributed by atoms with E-state index in [2.05, 4.69) is 41.5 Å². The van der Waals surface area contributed by atoms with Gasteiger partial charge in [-0.3, -0.25) is 4.79 Å². The number of nitrogens with zero attached hydrogens (tertiary/aromatic N) is 2. The highest BCUT2D eigenvalue weighted by molar-refractivity contribution is 8.03. The van der Waals surface area contributed by atoms with Crippen LogP contribution in [0.25, 0.3) is 0 Å². The Balaban J connectivity index is 1.95. The predicted octanol–water partition coefficient (Wildman–Crippen LogP) is 4.79. The lowest BCUT2D eigenvalue weighted by molar-refractivity contribution is -0.121. The monoisotopic (exact) mass is 381 g/mol. The van der Waals surface area contributed by atoms with Crippen LogP contribution in [0.2, 0.25) is 0 Å². The van der Waals surface area contributed by atoms with Crippen molar-refractivity contribution in [2.45, 2.75) is 53.6 Å². The maximum Gasteiger partial charge on any atom is 0.233 e. The summed E-state index contributed by atoms with van der Waals surface area (Å²) in [6.07, 6.45) is 1.96. The van der Waals surface area contributed by atoms with Crippen LogP contribution < -0.4 is 5.32 Å². The first kappa shape index (κ1) is 19.3. The van der Waals surface area contributed by atoms with Crippen LogP contribution in [0, 0.1) is 0 Å². The standard InChI is InChI=1S/C17H23N3OS3/c1-4-9-14(13-10-7-6-8-11-13)18-15(21)12(3)23-17-20-19-16(24-17)22-5-2/h6-8,10-12,14H,4-5,9H2,1-3H3,(H,18,21). The van der Waals surface area contributed by atoms with Crippen molar-refractivity contribution in [2.75, 3.05) is 5.75 Å². The van der Waals surface area contributed by atoms with Crippen molar-refractivity contribution in [3.8, 4) is 0 Å². The lowest BCUT2D eigenvalue weighted by atomic mass is 10.0. The second-order valence-electron chi connectivity index (χ2n) is 5.29. The molecular weight excluding hydrogens is 358 g/mol. The Kier molecular flexibility index (Phi) is 8.08. The molecule has 0 spiro atoms. The fourth-order valence-corrected chi connectivity index (χ4v) is 5.29. The first-order valence-electron chi connectivity index (χ1n) is 8.12. The van der Waals surface area contributed by atoms with Gasteiger partial charge in [-0.25, -0.2) is 0 Å². The van der Waals surface area contributed by atoms with Gasteiger partial charge in [0.15, 0.2) is 8.68 Å². The van der Waals surface area contributed by atoms with Gasteiger partial charge in [-0.05, 0) is 24.7 Å². The maximum absolute atomic E-state index is 12.6. The van der Waals surface area contributed by atoms with Crippen LogP contribution in [0.1, 0.15) is 45.2 Å². The van der Waals surface area contributed by atoms with E-state index in [0.29, 0.717) is 0 Å². The second kappa shape index (κ2) is 10.1. The van der Waals surface area contributed by atoms with Gasteiger partial charge >= 0.3 is 0 Å². The van der Waals surface area contributed by atoms with Gasteiger partial charge in [-0.1, -0.05) is 85.5 Å². The minimum absolute atomic E-state index is 0.0437. The molecule has 1 aromatic heterocycles. The lowest BCUT2D eigenvalue weighted by Crippen LogP contribution is -2.34. The van der Waals surface area contributed by atoms with Gasteiger partial charge in [-0.15, -0.1) is 10.2 Å². The first-order chi connectivity index (χ1) is 11.6. The SMILES string of the molecule is CCCC(NC(=O)C(C)Sc1nnc(SCC)s1)c1ccccc1. The highest BCUT2D eigenvalue weighted by atomic mass is 32.2. The molecule has 2 aromatic rings. The Morgan fingerprint density at radius 3 is 2.58 bits per heavy atom. The van der Waals surface area contributed by atoms with E-state index in [0.717, 1.165) is 32.8 Å². The van der Waals surface area contributed by atoms with E-state index in [1.165, 1.54) is 11.8 Å². The molecular formula is C17H23N3OS3. The summed E-state index contributed by atoms with van der Waals surface area (Å²) in [7, 11) is 0. The smallest absolute Gasteiger partial charge is 0.233 e. The number of rotatable bonds is 9. The summed E-state index contributed by atoms with van der Waals surface area (Å²) >= 11 is 4.70. The molecule has 4 nitrogen and oxygen atoms in total. The van der Waals surface area contributed by atoms with Gasteiger partial charge < -0.3 is 5.32 Å². The molecule has 0 radical (unpaired) electrons. The van der Waals surface area contributed by atoms with Crippen LogP contribution in [0.4, 0.5) is 0 Å². The summed E-state index contributed by atoms with van der Waals surface area (Å²) in [5.74, 6) is 1.02. The normalized spacial score (nSPS) is 13.5. The van der Waals surface area contributed by atoms with E-state index in [4.69, 9.17) is 0 Å². The molecule has 1 aromatic carbocycles. The number of carbonyl (C=O) groups excluding carboxylic acids is 1. The van der Waals surface area contributed by atoms with Crippen LogP contribution in [0.5, 0.6) is 0 Å². The van der Waals surface area contributed by atoms with Crippen molar-refractivity contribution in [3.05, 3.63) is 35.9 Å². The van der Waals surface area contributed by atoms with Gasteiger partial charge in [0.05, 0.1) is 11.3 Å². The molecule has 0 aliphatic carbocycles. The number of carbonyl (C=O) groups is 1. The number of benzene rings is 1. The minimum atomic E-state index is -0.194. The third-order valence-corrected chi connectivity index (χ3v) is 6.52. The Hall–Kier alpha value is -1.05. The number of hydrogen-bond donors (Lipinski definition) is 1. The summed E-state index contributed by atoms with van der Waals surface area (Å²) in [6, 6.07) is 10.2. The third-order valence-electron chi connectivity index (χ3n) is 3.40. The number of nitrogens with one attached hydrogen (secondary N) is 1. The second-order valence-corrected chi connectivity index (χ2v) is 9.36. The molecule has 2 atom stereocenters. The molecule has 7 heteroatoms. The number of aromatic nitrogens is 2. The van der Waals surface area contributed by atoms with Gasteiger partial charge in [0.1, 0.15) is 0 Å². The Morgan fingerprint density at radius 2 is 1.92 bits per heavy atom. The zero-order valence-electron chi connectivity index (χ0n) is 14.2. The minimum Gasteiger partial charge on any atom is -0.348 e. The molecule has 0 fully saturated rings. The van der Waals surface area contributed by atoms with Crippen LogP contribution in [0.15, 0.2) is 39.0 Å². The predicted molar refractivity (Wildman–Crippen MR) is 104 cm³/mol. The van der Waals surface area contributed by atoms with Gasteiger partial charge in [0.2, 0.25) is 5.91 Å². The molecule has 24 heavy (non-hydrogen) atoms. The molecule has 0 saturated carbocycles. The van der Waals surface area contributed by atoms with Crippen molar-refractivity contribution in [1.29, 1.82) is 0 Å². The average Bonchev–Trinajstić information content (AvgIpc) is 3.02. The van der Waals surface area contributed by atoms with Crippen LogP contribution in [-0.2, 0) is 4.79 Å². The lowest BCUT2D eigenvalue weighted by Gasteiger charge is -2.20. The summed E-state index contributed by atoms with van der Waals surface area (Å²) in [6.45, 7) is 6.14. The Labute approximate surface area is 156 Å². The Morgan fingerprint density at radius 1 is 1.21 bits per heavy atom. The van der Waals surface area contributed by atoms with Crippen LogP contribution >= 0.6 is 34.9 Å². The van der Waals surface area contributed by atoms with Crippen molar-refractivity contribution in [3.63, 3.8) is 0 Å². The van der Waals surface area contributed by atoms with Crippen molar-refractivity contribution in [1.82, 2.24) is 15.5 Å². The van der Waals surface area contributed by atoms with Gasteiger partial charge in [0.25, 0.3) is 0 Å². The summed E-state index contributed by atoms with van der Waals surface area (Å²) in [5, 5.41) is 11.3. The molecule has 1 N–H and O–H groups in total. The number of hydrogen-bond acceptors (Lipinski definition) is 6. The van der Waals surface area contributed by atoms with E-state index in [1.54, 1.807) is 23.1 Å². The van der Waals surface area contributed by atoms with Crippen molar-refractivity contribution < 1.29 is 4.79 Å². The van der Waals surface area contributed by atoms with E-state index < -0.39 is 0 Å². The molecule has 1 heterocycles. The Bertz CT molecular complexity index is 633. The summed E-state index contributed by atoms with van der Waals surface area (Å²) < 4.78 is 1.81. The fraction of sp³-hybridized carbons (Fsp3) is 0.471. The van der Waals surface area contributed by atoms with Gasteiger partial charge in [0, 0.05) is 0 Å². The summed E-state index contributed by atoms with van der Waals surface area (Å²) in [5.41, 5.74) is 1.16. The highest BCUT2D eigenvalue weighted by Gasteiger charge is 2.21. The molecule has 0 aliphatic heterocycles. The van der Waals surface area contributed by atoms with E-state index in [9.17, 15) is 4.79 Å². The van der Waals surface area contributed by atoms with Crippen molar-refractivity contribution >= 4 is 40.8 Å². The zero-order valence-corrected chi connectivity index (χ0v) is 16.6. The quantitative estimate of drug-likeness (QED) is 0.633. The molecule has 0 saturated heterocycles. The topological polar surface area (TPSA) is 54.9 Å². The summed E-state index contributed by atoms with van der Waals surface area (Å²) in [4.78, 5) is 12.6. The molecule has 2 unspecified atom stereocenters. The highest BCUT2D eigenvalue weighted by Crippen LogP contribution is 2.31. The molecule has 1 amide bonds. The maximum atomic E-state index is 12.6. The van der Waals surface area contributed by atoms with Crippen LogP contribution in [-0.4, -0.2) is 27.1 Å². The first-order valence-corrected chi connectivity index (χ1v) is 10.8. The van der Waals surface area contributed by atoms with E-state index in [1.807, 2.05) is 25.1 Å². The molecule has 0 aliphatic rings. The molecule has 0 bridgehead atoms. The molecule has 2 rings (SSSR count). The van der Waals surface area contributed by atoms with E-state index in [-0.39, 0.29) is 17.2 Å². The van der Waals surface area contributed by atoms with Crippen molar-refractivity contribution in [2.24, 2.45) is 0 Å². The number of thioether (sulfide) groups is 2. The average molecular weight is 382 g/mol. The fourth-order valence-electron chi connectivity index (χ4n) is 2.22. The largest absolute Gasteiger partial charge is 0.348 e. The number of amides is 1. The molecule has 130 valence electrons. The zero-order chi connectivity index (χ0) is 17.4. The van der Waals surface area contributed by atoms with E-state index >= 15 is 0 Å². The van der Waals surface area contributed by atoms with Crippen LogP contribution in [0.3, 0.4) is 0 Å².